The van der Waals surface area contributed by atoms with Crippen LogP contribution in [0.3, 0.4) is 0 Å². The number of nitrogens with one attached hydrogen (secondary N) is 2. The van der Waals surface area contributed by atoms with Crippen molar-refractivity contribution in [2.45, 2.75) is 40.0 Å². The molecule has 0 saturated carbocycles. The highest BCUT2D eigenvalue weighted by Crippen LogP contribution is 2.31. The first-order valence-electron chi connectivity index (χ1n) is 12.3. The normalized spacial score (nSPS) is 10.8. The number of nitrogens with zero attached hydrogens (tertiary/aromatic N) is 5. The fraction of sp³-hybridized carbons (Fsp3) is 0.308. The second-order valence-corrected chi connectivity index (χ2v) is 8.65. The number of methoxy groups -OCH3 is 1. The number of pyridine rings is 1. The molecule has 3 aromatic heterocycles. The van der Waals surface area contributed by atoms with Crippen LogP contribution in [0.25, 0.3) is 11.0 Å². The largest absolute Gasteiger partial charge is 0.494 e. The third-order valence-corrected chi connectivity index (χ3v) is 5.92. The van der Waals surface area contributed by atoms with Crippen LogP contribution in [-0.2, 0) is 24.4 Å². The molecule has 0 aliphatic carbocycles. The molecule has 0 aliphatic rings. The Balaban J connectivity index is 1.53. The van der Waals surface area contributed by atoms with Crippen molar-refractivity contribution in [3.63, 3.8) is 0 Å². The van der Waals surface area contributed by atoms with Gasteiger partial charge in [-0.25, -0.2) is 9.78 Å². The molecule has 3 heterocycles. The van der Waals surface area contributed by atoms with E-state index >= 15 is 0 Å². The molecule has 0 saturated heterocycles. The van der Waals surface area contributed by atoms with Gasteiger partial charge in [-0.1, -0.05) is 0 Å². The Kier molecular flexibility index (Phi) is 8.39. The topological polar surface area (TPSA) is 168 Å². The molecule has 0 aliphatic heterocycles. The van der Waals surface area contributed by atoms with Crippen molar-refractivity contribution < 1.29 is 23.9 Å². The van der Waals surface area contributed by atoms with Crippen LogP contribution < -0.4 is 21.1 Å². The maximum Gasteiger partial charge on any atom is 0.407 e. The van der Waals surface area contributed by atoms with Gasteiger partial charge in [0.2, 0.25) is 11.9 Å². The molecular formula is C26H30N8O5. The van der Waals surface area contributed by atoms with Crippen LogP contribution in [0.1, 0.15) is 45.4 Å². The minimum absolute atomic E-state index is 0.129. The Bertz CT molecular complexity index is 1500. The number of anilines is 1. The number of ether oxygens (including phenoxy) is 2. The van der Waals surface area contributed by atoms with E-state index in [1.165, 1.54) is 13.2 Å². The number of aromatic nitrogens is 5. The van der Waals surface area contributed by atoms with Gasteiger partial charge in [-0.2, -0.15) is 5.10 Å². The molecule has 13 heteroatoms. The lowest BCUT2D eigenvalue weighted by Gasteiger charge is -2.13. The van der Waals surface area contributed by atoms with Crippen LogP contribution in [0.5, 0.6) is 5.75 Å². The summed E-state index contributed by atoms with van der Waals surface area (Å²) < 4.78 is 14.1. The van der Waals surface area contributed by atoms with E-state index in [1.807, 2.05) is 13.8 Å². The van der Waals surface area contributed by atoms with Crippen molar-refractivity contribution in [1.29, 1.82) is 0 Å². The zero-order valence-electron chi connectivity index (χ0n) is 21.9. The second kappa shape index (κ2) is 12.1. The number of amides is 3. The van der Waals surface area contributed by atoms with Gasteiger partial charge in [-0.05, 0) is 56.2 Å². The lowest BCUT2D eigenvalue weighted by Crippen LogP contribution is -2.26. The summed E-state index contributed by atoms with van der Waals surface area (Å²) in [5.74, 6) is -0.404. The fourth-order valence-corrected chi connectivity index (χ4v) is 4.08. The van der Waals surface area contributed by atoms with Gasteiger partial charge in [0.15, 0.2) is 0 Å². The first-order chi connectivity index (χ1) is 18.8. The maximum atomic E-state index is 13.2. The number of aryl methyl sites for hydroxylation is 3. The molecule has 4 aromatic rings. The zero-order chi connectivity index (χ0) is 27.9. The van der Waals surface area contributed by atoms with Crippen molar-refractivity contribution in [2.75, 3.05) is 19.0 Å². The number of primary amides is 1. The average molecular weight is 535 g/mol. The van der Waals surface area contributed by atoms with E-state index in [1.54, 1.807) is 45.9 Å². The van der Waals surface area contributed by atoms with Crippen LogP contribution in [0, 0.1) is 6.92 Å². The average Bonchev–Trinajstić information content (AvgIpc) is 3.49. The van der Waals surface area contributed by atoms with E-state index in [0.717, 1.165) is 5.56 Å². The fourth-order valence-electron chi connectivity index (χ4n) is 4.08. The highest BCUT2D eigenvalue weighted by Gasteiger charge is 2.21. The van der Waals surface area contributed by atoms with Crippen LogP contribution in [-0.4, -0.2) is 55.9 Å². The standard InChI is InChI=1S/C26H30N8O5/c1-4-34-20(12-16(2)32-34)24(36)31-25-30-19-13-18(23(27)35)14-21(38-3)22(19)33(25)11-5-8-29-26(37)39-15-17-6-9-28-10-7-17/h6-7,9-10,12-14H,4-5,8,11,15H2,1-3H3,(H2,27,35)(H,29,37)(H,30,31,36). The molecule has 13 nitrogen and oxygen atoms in total. The summed E-state index contributed by atoms with van der Waals surface area (Å²) in [6, 6.07) is 8.29. The maximum absolute atomic E-state index is 13.2. The van der Waals surface area contributed by atoms with Crippen LogP contribution >= 0.6 is 0 Å². The van der Waals surface area contributed by atoms with E-state index in [0.29, 0.717) is 54.2 Å². The van der Waals surface area contributed by atoms with Crippen LogP contribution in [0.15, 0.2) is 42.7 Å². The first kappa shape index (κ1) is 27.1. The smallest absolute Gasteiger partial charge is 0.407 e. The molecule has 204 valence electrons. The molecule has 4 rings (SSSR count). The predicted octanol–water partition coefficient (Wildman–Crippen LogP) is 2.63. The number of alkyl carbamates (subject to hydrolysis) is 1. The number of benzene rings is 1. The van der Waals surface area contributed by atoms with Gasteiger partial charge in [-0.15, -0.1) is 0 Å². The summed E-state index contributed by atoms with van der Waals surface area (Å²) in [4.78, 5) is 45.6. The Morgan fingerprint density at radius 1 is 1.13 bits per heavy atom. The summed E-state index contributed by atoms with van der Waals surface area (Å²) in [5.41, 5.74) is 8.62. The molecule has 0 atom stereocenters. The number of fused-ring (bicyclic) bond motifs is 1. The van der Waals surface area contributed by atoms with Crippen molar-refractivity contribution in [1.82, 2.24) is 29.6 Å². The third kappa shape index (κ3) is 6.32. The van der Waals surface area contributed by atoms with E-state index in [4.69, 9.17) is 15.2 Å². The van der Waals surface area contributed by atoms with Gasteiger partial charge in [0.05, 0.1) is 18.3 Å². The van der Waals surface area contributed by atoms with E-state index in [2.05, 4.69) is 25.7 Å². The van der Waals surface area contributed by atoms with Gasteiger partial charge in [0, 0.05) is 37.6 Å². The Labute approximate surface area is 224 Å². The summed E-state index contributed by atoms with van der Waals surface area (Å²) in [5, 5.41) is 9.90. The number of hydrogen-bond acceptors (Lipinski definition) is 8. The molecule has 1 aromatic carbocycles. The Morgan fingerprint density at radius 2 is 1.90 bits per heavy atom. The van der Waals surface area contributed by atoms with Crippen LogP contribution in [0.4, 0.5) is 10.7 Å². The number of imidazole rings is 1. The second-order valence-electron chi connectivity index (χ2n) is 8.65. The molecule has 0 fully saturated rings. The molecule has 0 bridgehead atoms. The highest BCUT2D eigenvalue weighted by molar-refractivity contribution is 6.04. The SMILES string of the molecule is CCn1nc(C)cc1C(=O)Nc1nc2cc(C(N)=O)cc(OC)c2n1CCCNC(=O)OCc1ccncc1. The van der Waals surface area contributed by atoms with E-state index in [9.17, 15) is 14.4 Å². The molecule has 0 spiro atoms. The monoisotopic (exact) mass is 534 g/mol. The lowest BCUT2D eigenvalue weighted by molar-refractivity contribution is 0.0995. The van der Waals surface area contributed by atoms with Crippen LogP contribution in [0.2, 0.25) is 0 Å². The number of rotatable bonds is 11. The van der Waals surface area contributed by atoms with Gasteiger partial charge in [0.1, 0.15) is 23.6 Å². The highest BCUT2D eigenvalue weighted by atomic mass is 16.5. The Morgan fingerprint density at radius 3 is 2.59 bits per heavy atom. The molecule has 0 unspecified atom stereocenters. The summed E-state index contributed by atoms with van der Waals surface area (Å²) in [6.45, 7) is 5.00. The summed E-state index contributed by atoms with van der Waals surface area (Å²) in [7, 11) is 1.47. The van der Waals surface area contributed by atoms with Crippen molar-refractivity contribution in [3.8, 4) is 5.75 Å². The van der Waals surface area contributed by atoms with Gasteiger partial charge in [0.25, 0.3) is 5.91 Å². The molecule has 39 heavy (non-hydrogen) atoms. The summed E-state index contributed by atoms with van der Waals surface area (Å²) in [6.07, 6.45) is 3.18. The van der Waals surface area contributed by atoms with Gasteiger partial charge < -0.3 is 25.1 Å². The quantitative estimate of drug-likeness (QED) is 0.247. The number of nitrogens with two attached hydrogens (primary N) is 1. The number of hydrogen-bond donors (Lipinski definition) is 3. The third-order valence-electron chi connectivity index (χ3n) is 5.92. The molecular weight excluding hydrogens is 504 g/mol. The lowest BCUT2D eigenvalue weighted by atomic mass is 10.1. The Hall–Kier alpha value is -4.94. The van der Waals surface area contributed by atoms with E-state index in [-0.39, 0.29) is 24.0 Å². The molecule has 4 N–H and O–H groups in total. The van der Waals surface area contributed by atoms with Gasteiger partial charge >= 0.3 is 6.09 Å². The van der Waals surface area contributed by atoms with Crippen molar-refractivity contribution in [2.24, 2.45) is 5.73 Å². The zero-order valence-corrected chi connectivity index (χ0v) is 21.9. The molecule has 0 radical (unpaired) electrons. The van der Waals surface area contributed by atoms with E-state index < -0.39 is 12.0 Å². The number of carbonyl (C=O) groups is 3. The van der Waals surface area contributed by atoms with Crippen molar-refractivity contribution >= 4 is 34.9 Å². The minimum Gasteiger partial charge on any atom is -0.494 e. The number of carbonyl (C=O) groups excluding carboxylic acids is 3. The summed E-state index contributed by atoms with van der Waals surface area (Å²) >= 11 is 0. The predicted molar refractivity (Wildman–Crippen MR) is 142 cm³/mol. The van der Waals surface area contributed by atoms with Gasteiger partial charge in [-0.3, -0.25) is 24.6 Å². The van der Waals surface area contributed by atoms with Crippen molar-refractivity contribution in [3.05, 3.63) is 65.2 Å². The minimum atomic E-state index is -0.632. The first-order valence-corrected chi connectivity index (χ1v) is 12.3. The molecule has 3 amide bonds.